The molecule has 1 aromatic heterocycles. The number of aromatic nitrogens is 1. The summed E-state index contributed by atoms with van der Waals surface area (Å²) >= 11 is 0. The quantitative estimate of drug-likeness (QED) is 0.709. The van der Waals surface area contributed by atoms with E-state index < -0.39 is 0 Å². The highest BCUT2D eigenvalue weighted by Gasteiger charge is 1.97. The molecule has 0 bridgehead atoms. The van der Waals surface area contributed by atoms with Crippen molar-refractivity contribution in [1.82, 2.24) is 4.98 Å². The highest BCUT2D eigenvalue weighted by Crippen LogP contribution is 2.17. The summed E-state index contributed by atoms with van der Waals surface area (Å²) in [6.45, 7) is 3.71. The van der Waals surface area contributed by atoms with Crippen LogP contribution in [0.3, 0.4) is 0 Å². The molecule has 2 aromatic rings. The van der Waals surface area contributed by atoms with E-state index in [0.717, 1.165) is 11.4 Å². The Kier molecular flexibility index (Phi) is 2.01. The van der Waals surface area contributed by atoms with Gasteiger partial charge in [-0.05, 0) is 23.8 Å². The number of hydrogen-bond acceptors (Lipinski definition) is 0. The molecule has 13 heavy (non-hydrogen) atoms. The lowest BCUT2D eigenvalue weighted by Gasteiger charge is -1.95. The monoisotopic (exact) mass is 169 g/mol. The second-order valence-electron chi connectivity index (χ2n) is 2.90. The van der Waals surface area contributed by atoms with Crippen molar-refractivity contribution in [3.63, 3.8) is 0 Å². The first-order chi connectivity index (χ1) is 6.40. The van der Waals surface area contributed by atoms with E-state index in [4.69, 9.17) is 0 Å². The van der Waals surface area contributed by atoms with Gasteiger partial charge < -0.3 is 4.98 Å². The molecule has 0 aliphatic rings. The SMILES string of the molecule is C=Cc1ccc(-c2ccccc2)[nH]1. The summed E-state index contributed by atoms with van der Waals surface area (Å²) in [5, 5.41) is 0. The third kappa shape index (κ3) is 1.54. The minimum absolute atomic E-state index is 1.05. The van der Waals surface area contributed by atoms with Gasteiger partial charge in [-0.25, -0.2) is 0 Å². The fraction of sp³-hybridized carbons (Fsp3) is 0. The Bertz CT molecular complexity index is 398. The Labute approximate surface area is 77.7 Å². The summed E-state index contributed by atoms with van der Waals surface area (Å²) in [5.41, 5.74) is 3.39. The normalized spacial score (nSPS) is 9.85. The minimum Gasteiger partial charge on any atom is -0.355 e. The summed E-state index contributed by atoms with van der Waals surface area (Å²) in [5.74, 6) is 0. The summed E-state index contributed by atoms with van der Waals surface area (Å²) in [4.78, 5) is 3.26. The second kappa shape index (κ2) is 3.31. The van der Waals surface area contributed by atoms with Crippen molar-refractivity contribution >= 4 is 6.08 Å². The van der Waals surface area contributed by atoms with Crippen molar-refractivity contribution in [2.75, 3.05) is 0 Å². The van der Waals surface area contributed by atoms with Crippen molar-refractivity contribution in [3.05, 3.63) is 54.7 Å². The first-order valence-corrected chi connectivity index (χ1v) is 4.27. The van der Waals surface area contributed by atoms with E-state index in [1.54, 1.807) is 0 Å². The smallest absolute Gasteiger partial charge is 0.0458 e. The zero-order valence-corrected chi connectivity index (χ0v) is 7.33. The van der Waals surface area contributed by atoms with Crippen LogP contribution in [0.5, 0.6) is 0 Å². The number of H-pyrrole nitrogens is 1. The molecule has 0 saturated heterocycles. The molecule has 0 atom stereocenters. The van der Waals surface area contributed by atoms with Crippen molar-refractivity contribution in [1.29, 1.82) is 0 Å². The van der Waals surface area contributed by atoms with Crippen LogP contribution in [0.4, 0.5) is 0 Å². The molecule has 1 nitrogen and oxygen atoms in total. The maximum absolute atomic E-state index is 3.71. The van der Waals surface area contributed by atoms with Crippen LogP contribution < -0.4 is 0 Å². The average molecular weight is 169 g/mol. The lowest BCUT2D eigenvalue weighted by molar-refractivity contribution is 1.37. The van der Waals surface area contributed by atoms with Crippen LogP contribution >= 0.6 is 0 Å². The molecule has 1 heterocycles. The number of hydrogen-bond donors (Lipinski definition) is 1. The number of aromatic amines is 1. The van der Waals surface area contributed by atoms with Crippen LogP contribution in [0.25, 0.3) is 17.3 Å². The molecule has 1 aromatic carbocycles. The van der Waals surface area contributed by atoms with Gasteiger partial charge in [-0.1, -0.05) is 36.9 Å². The number of nitrogens with one attached hydrogen (secondary N) is 1. The predicted octanol–water partition coefficient (Wildman–Crippen LogP) is 3.32. The average Bonchev–Trinajstić information content (AvgIpc) is 2.67. The molecule has 0 amide bonds. The van der Waals surface area contributed by atoms with Gasteiger partial charge in [-0.15, -0.1) is 0 Å². The fourth-order valence-electron chi connectivity index (χ4n) is 1.32. The fourth-order valence-corrected chi connectivity index (χ4v) is 1.32. The molecular formula is C12H11N. The lowest BCUT2D eigenvalue weighted by Crippen LogP contribution is -1.76. The van der Waals surface area contributed by atoms with E-state index in [2.05, 4.69) is 29.8 Å². The largest absolute Gasteiger partial charge is 0.355 e. The summed E-state index contributed by atoms with van der Waals surface area (Å²) in [7, 11) is 0. The van der Waals surface area contributed by atoms with E-state index in [-0.39, 0.29) is 0 Å². The highest BCUT2D eigenvalue weighted by atomic mass is 14.7. The predicted molar refractivity (Wildman–Crippen MR) is 56.3 cm³/mol. The standard InChI is InChI=1S/C12H11N/c1-2-11-8-9-12(13-11)10-6-4-3-5-7-10/h2-9,13H,1H2. The molecule has 0 saturated carbocycles. The van der Waals surface area contributed by atoms with E-state index in [9.17, 15) is 0 Å². The highest BCUT2D eigenvalue weighted by molar-refractivity contribution is 5.62. The van der Waals surface area contributed by atoms with E-state index >= 15 is 0 Å². The minimum atomic E-state index is 1.05. The lowest BCUT2D eigenvalue weighted by atomic mass is 10.2. The molecule has 64 valence electrons. The maximum Gasteiger partial charge on any atom is 0.0458 e. The Morgan fingerprint density at radius 1 is 1.00 bits per heavy atom. The zero-order chi connectivity index (χ0) is 9.10. The molecule has 2 rings (SSSR count). The van der Waals surface area contributed by atoms with Crippen molar-refractivity contribution in [2.45, 2.75) is 0 Å². The van der Waals surface area contributed by atoms with Crippen LogP contribution in [0.15, 0.2) is 49.0 Å². The number of benzene rings is 1. The first kappa shape index (κ1) is 7.87. The molecular weight excluding hydrogens is 158 g/mol. The molecule has 0 aliphatic carbocycles. The number of rotatable bonds is 2. The molecule has 0 spiro atoms. The molecule has 1 heteroatoms. The molecule has 0 fully saturated rings. The van der Waals surface area contributed by atoms with E-state index in [0.29, 0.717) is 0 Å². The maximum atomic E-state index is 3.71. The Hall–Kier alpha value is -1.76. The van der Waals surface area contributed by atoms with Crippen LogP contribution in [0, 0.1) is 0 Å². The van der Waals surface area contributed by atoms with Gasteiger partial charge in [-0.2, -0.15) is 0 Å². The second-order valence-corrected chi connectivity index (χ2v) is 2.90. The summed E-state index contributed by atoms with van der Waals surface area (Å²) in [6.07, 6.45) is 1.81. The van der Waals surface area contributed by atoms with Crippen molar-refractivity contribution in [2.24, 2.45) is 0 Å². The topological polar surface area (TPSA) is 15.8 Å². The zero-order valence-electron chi connectivity index (χ0n) is 7.33. The van der Waals surface area contributed by atoms with Crippen LogP contribution in [0.1, 0.15) is 5.69 Å². The van der Waals surface area contributed by atoms with Crippen LogP contribution in [-0.4, -0.2) is 4.98 Å². The first-order valence-electron chi connectivity index (χ1n) is 4.27. The third-order valence-corrected chi connectivity index (χ3v) is 2.01. The van der Waals surface area contributed by atoms with Gasteiger partial charge in [0.1, 0.15) is 0 Å². The van der Waals surface area contributed by atoms with Gasteiger partial charge in [-0.3, -0.25) is 0 Å². The molecule has 0 unspecified atom stereocenters. The van der Waals surface area contributed by atoms with Crippen LogP contribution in [0.2, 0.25) is 0 Å². The molecule has 0 radical (unpaired) electrons. The Morgan fingerprint density at radius 2 is 1.77 bits per heavy atom. The van der Waals surface area contributed by atoms with Gasteiger partial charge in [0.25, 0.3) is 0 Å². The van der Waals surface area contributed by atoms with Gasteiger partial charge >= 0.3 is 0 Å². The summed E-state index contributed by atoms with van der Waals surface area (Å²) < 4.78 is 0. The van der Waals surface area contributed by atoms with Gasteiger partial charge in [0, 0.05) is 11.4 Å². The van der Waals surface area contributed by atoms with E-state index in [1.165, 1.54) is 5.56 Å². The van der Waals surface area contributed by atoms with Crippen molar-refractivity contribution < 1.29 is 0 Å². The van der Waals surface area contributed by atoms with Crippen molar-refractivity contribution in [3.8, 4) is 11.3 Å². The third-order valence-electron chi connectivity index (χ3n) is 2.01. The molecule has 0 aliphatic heterocycles. The Morgan fingerprint density at radius 3 is 2.38 bits per heavy atom. The van der Waals surface area contributed by atoms with Gasteiger partial charge in [0.2, 0.25) is 0 Å². The summed E-state index contributed by atoms with van der Waals surface area (Å²) in [6, 6.07) is 14.3. The van der Waals surface area contributed by atoms with E-state index in [1.807, 2.05) is 30.3 Å². The van der Waals surface area contributed by atoms with Gasteiger partial charge in [0.15, 0.2) is 0 Å². The van der Waals surface area contributed by atoms with Crippen LogP contribution in [-0.2, 0) is 0 Å². The molecule has 1 N–H and O–H groups in total. The Balaban J connectivity index is 2.41. The van der Waals surface area contributed by atoms with Gasteiger partial charge in [0.05, 0.1) is 0 Å².